The van der Waals surface area contributed by atoms with Crippen LogP contribution in [0.15, 0.2) is 0 Å². The Kier molecular flexibility index (Phi) is 69.1. The number of phosphoric ester groups is 2. The molecule has 0 aliphatic rings. The van der Waals surface area contributed by atoms with Crippen LogP contribution in [0, 0.1) is 0 Å². The van der Waals surface area contributed by atoms with Crippen LogP contribution in [0.3, 0.4) is 0 Å². The van der Waals surface area contributed by atoms with E-state index in [-0.39, 0.29) is 25.7 Å². The van der Waals surface area contributed by atoms with Crippen LogP contribution in [0.2, 0.25) is 0 Å². The summed E-state index contributed by atoms with van der Waals surface area (Å²) in [7, 11) is -9.90. The lowest BCUT2D eigenvalue weighted by molar-refractivity contribution is -0.161. The minimum Gasteiger partial charge on any atom is -0.462 e. The molecule has 0 saturated carbocycles. The van der Waals surface area contributed by atoms with E-state index in [0.29, 0.717) is 25.7 Å². The Morgan fingerprint density at radius 1 is 0.253 bits per heavy atom. The molecule has 0 fully saturated rings. The summed E-state index contributed by atoms with van der Waals surface area (Å²) >= 11 is 0. The van der Waals surface area contributed by atoms with Gasteiger partial charge in [0.15, 0.2) is 12.2 Å². The Hall–Kier alpha value is -1.94. The third kappa shape index (κ3) is 70.3. The lowest BCUT2D eigenvalue weighted by atomic mass is 10.0. The van der Waals surface area contributed by atoms with Gasteiger partial charge in [0.25, 0.3) is 0 Å². The maximum atomic E-state index is 13.1. The van der Waals surface area contributed by atoms with E-state index in [4.69, 9.17) is 37.0 Å². The molecule has 0 aromatic heterocycles. The Morgan fingerprint density at radius 3 is 0.621 bits per heavy atom. The molecule has 19 heteroatoms. The van der Waals surface area contributed by atoms with Gasteiger partial charge in [0.2, 0.25) is 0 Å². The van der Waals surface area contributed by atoms with Gasteiger partial charge in [-0.05, 0) is 25.7 Å². The topological polar surface area (TPSA) is 237 Å². The van der Waals surface area contributed by atoms with Crippen LogP contribution in [0.1, 0.15) is 407 Å². The molecule has 0 amide bonds. The number of aliphatic hydroxyl groups is 1. The predicted molar refractivity (Wildman–Crippen MR) is 386 cm³/mol. The molecular weight excluding hydrogens is 1250 g/mol. The first-order valence-corrected chi connectivity index (χ1v) is 42.8. The van der Waals surface area contributed by atoms with Crippen LogP contribution in [0.4, 0.5) is 0 Å². The Morgan fingerprint density at radius 2 is 0.421 bits per heavy atom. The standard InChI is InChI=1S/C76H148O17P2/c1-5-9-13-17-21-25-28-31-33-34-35-36-37-38-39-41-44-47-51-55-59-63-76(81)93-72(67-87-74(79)61-57-53-49-45-43-40-32-29-26-22-18-14-10-6-2)69-91-95(84,85)89-65-70(77)64-88-94(82,83)90-68-71(66-86-73(78)60-56-52-48-24-20-16-12-8-4)92-75(80)62-58-54-50-46-42-30-27-23-19-15-11-7-3/h70-72,77H,5-69H2,1-4H3,(H,82,83)(H,84,85)/t70-,71+,72+/m0/s1. The second-order valence-corrected chi connectivity index (χ2v) is 30.3. The largest absolute Gasteiger partial charge is 0.472 e. The van der Waals surface area contributed by atoms with E-state index in [1.165, 1.54) is 238 Å². The van der Waals surface area contributed by atoms with Crippen LogP contribution in [0.5, 0.6) is 0 Å². The Bertz CT molecular complexity index is 1810. The van der Waals surface area contributed by atoms with Crippen molar-refractivity contribution in [2.24, 2.45) is 0 Å². The van der Waals surface area contributed by atoms with E-state index in [1.807, 2.05) is 0 Å². The van der Waals surface area contributed by atoms with Gasteiger partial charge in [-0.25, -0.2) is 9.13 Å². The molecule has 0 aliphatic heterocycles. The average Bonchev–Trinajstić information content (AvgIpc) is 1.41. The van der Waals surface area contributed by atoms with Crippen molar-refractivity contribution in [3.63, 3.8) is 0 Å². The van der Waals surface area contributed by atoms with E-state index >= 15 is 0 Å². The molecule has 0 saturated heterocycles. The molecule has 5 atom stereocenters. The molecule has 3 N–H and O–H groups in total. The fraction of sp³-hybridized carbons (Fsp3) is 0.947. The highest BCUT2D eigenvalue weighted by molar-refractivity contribution is 7.47. The van der Waals surface area contributed by atoms with E-state index in [0.717, 1.165) is 89.9 Å². The lowest BCUT2D eigenvalue weighted by Gasteiger charge is -2.21. The maximum absolute atomic E-state index is 13.1. The Labute approximate surface area is 581 Å². The molecular formula is C76H148O17P2. The SMILES string of the molecule is CCCCCCCCCCCCCCCCCCCCCCCC(=O)O[C@H](COC(=O)CCCCCCCCCCCCCCCC)COP(=O)(O)OC[C@@H](O)COP(=O)(O)OC[C@@H](COC(=O)CCCCCCCCCC)OC(=O)CCCCCCCCCCCCCC. The number of hydrogen-bond donors (Lipinski definition) is 3. The first-order valence-electron chi connectivity index (χ1n) is 39.8. The van der Waals surface area contributed by atoms with Crippen molar-refractivity contribution < 1.29 is 80.2 Å². The number of hydrogen-bond acceptors (Lipinski definition) is 15. The maximum Gasteiger partial charge on any atom is 0.472 e. The average molecular weight is 1400 g/mol. The molecule has 2 unspecified atom stereocenters. The molecule has 0 radical (unpaired) electrons. The number of aliphatic hydroxyl groups excluding tert-OH is 1. The van der Waals surface area contributed by atoms with Gasteiger partial charge in [0.1, 0.15) is 19.3 Å². The Balaban J connectivity index is 5.17. The number of carbonyl (C=O) groups is 4. The first-order chi connectivity index (χ1) is 46.2. The number of esters is 4. The summed E-state index contributed by atoms with van der Waals surface area (Å²) in [6.45, 7) is 4.96. The summed E-state index contributed by atoms with van der Waals surface area (Å²) in [5.74, 6) is -2.11. The molecule has 95 heavy (non-hydrogen) atoms. The van der Waals surface area contributed by atoms with Gasteiger partial charge in [-0.15, -0.1) is 0 Å². The zero-order chi connectivity index (χ0) is 69.7. The quantitative estimate of drug-likeness (QED) is 0.0222. The molecule has 564 valence electrons. The van der Waals surface area contributed by atoms with Gasteiger partial charge >= 0.3 is 39.5 Å². The molecule has 0 heterocycles. The summed E-state index contributed by atoms with van der Waals surface area (Å²) in [5, 5.41) is 10.6. The smallest absolute Gasteiger partial charge is 0.462 e. The van der Waals surface area contributed by atoms with Crippen molar-refractivity contribution >= 4 is 39.5 Å². The number of phosphoric acid groups is 2. The number of rotatable bonds is 77. The minimum absolute atomic E-state index is 0.108. The molecule has 0 aliphatic carbocycles. The van der Waals surface area contributed by atoms with Crippen LogP contribution >= 0.6 is 15.6 Å². The van der Waals surface area contributed by atoms with Crippen molar-refractivity contribution in [3.05, 3.63) is 0 Å². The summed E-state index contributed by atoms with van der Waals surface area (Å²) in [4.78, 5) is 72.7. The number of ether oxygens (including phenoxy) is 4. The van der Waals surface area contributed by atoms with Gasteiger partial charge in [-0.3, -0.25) is 37.3 Å². The highest BCUT2D eigenvalue weighted by Gasteiger charge is 2.30. The second kappa shape index (κ2) is 70.5. The molecule has 0 rings (SSSR count). The van der Waals surface area contributed by atoms with Gasteiger partial charge in [-0.1, -0.05) is 355 Å². The summed E-state index contributed by atoms with van der Waals surface area (Å²) in [6.07, 6.45) is 61.1. The number of unbranched alkanes of at least 4 members (excludes halogenated alkanes) is 51. The van der Waals surface area contributed by atoms with Crippen LogP contribution in [0.25, 0.3) is 0 Å². The van der Waals surface area contributed by atoms with Crippen molar-refractivity contribution in [2.75, 3.05) is 39.6 Å². The summed E-state index contributed by atoms with van der Waals surface area (Å²) in [5.41, 5.74) is 0. The number of carbonyl (C=O) groups excluding carboxylic acids is 4. The fourth-order valence-corrected chi connectivity index (χ4v) is 13.3. The van der Waals surface area contributed by atoms with Crippen molar-refractivity contribution in [3.8, 4) is 0 Å². The van der Waals surface area contributed by atoms with Gasteiger partial charge in [0, 0.05) is 25.7 Å². The normalized spacial score (nSPS) is 13.9. The highest BCUT2D eigenvalue weighted by Crippen LogP contribution is 2.45. The van der Waals surface area contributed by atoms with Gasteiger partial charge in [-0.2, -0.15) is 0 Å². The molecule has 0 aromatic rings. The highest BCUT2D eigenvalue weighted by atomic mass is 31.2. The van der Waals surface area contributed by atoms with E-state index in [9.17, 15) is 43.2 Å². The third-order valence-electron chi connectivity index (χ3n) is 17.9. The van der Waals surface area contributed by atoms with Gasteiger partial charge < -0.3 is 33.8 Å². The minimum atomic E-state index is -4.96. The fourth-order valence-electron chi connectivity index (χ4n) is 11.8. The van der Waals surface area contributed by atoms with Gasteiger partial charge in [0.05, 0.1) is 26.4 Å². The van der Waals surface area contributed by atoms with Crippen LogP contribution in [-0.4, -0.2) is 96.7 Å². The van der Waals surface area contributed by atoms with Crippen LogP contribution in [-0.2, 0) is 65.4 Å². The van der Waals surface area contributed by atoms with Crippen molar-refractivity contribution in [2.45, 2.75) is 425 Å². The third-order valence-corrected chi connectivity index (χ3v) is 19.8. The zero-order valence-electron chi connectivity index (χ0n) is 61.6. The second-order valence-electron chi connectivity index (χ2n) is 27.4. The lowest BCUT2D eigenvalue weighted by Crippen LogP contribution is -2.30. The van der Waals surface area contributed by atoms with Crippen molar-refractivity contribution in [1.82, 2.24) is 0 Å². The zero-order valence-corrected chi connectivity index (χ0v) is 63.4. The van der Waals surface area contributed by atoms with E-state index in [2.05, 4.69) is 27.7 Å². The molecule has 0 aromatic carbocycles. The van der Waals surface area contributed by atoms with E-state index < -0.39 is 97.5 Å². The monoisotopic (exact) mass is 1400 g/mol. The summed E-state index contributed by atoms with van der Waals surface area (Å²) in [6, 6.07) is 0. The molecule has 0 bridgehead atoms. The molecule has 17 nitrogen and oxygen atoms in total. The molecule has 0 spiro atoms. The van der Waals surface area contributed by atoms with Crippen molar-refractivity contribution in [1.29, 1.82) is 0 Å². The summed E-state index contributed by atoms with van der Waals surface area (Å²) < 4.78 is 68.4. The first kappa shape index (κ1) is 93.1. The predicted octanol–water partition coefficient (Wildman–Crippen LogP) is 22.6. The van der Waals surface area contributed by atoms with Crippen LogP contribution < -0.4 is 0 Å². The van der Waals surface area contributed by atoms with E-state index in [1.54, 1.807) is 0 Å².